The van der Waals surface area contributed by atoms with Crippen molar-refractivity contribution in [1.82, 2.24) is 10.2 Å². The van der Waals surface area contributed by atoms with Crippen LogP contribution < -0.4 is 5.32 Å². The molecule has 2 nitrogen and oxygen atoms in total. The molecule has 1 aromatic rings. The van der Waals surface area contributed by atoms with E-state index in [1.165, 1.54) is 82.3 Å². The number of nitrogens with zero attached hydrogens (tertiary/aromatic N) is 1. The van der Waals surface area contributed by atoms with Gasteiger partial charge in [0.1, 0.15) is 0 Å². The van der Waals surface area contributed by atoms with Crippen molar-refractivity contribution in [3.05, 3.63) is 35.4 Å². The zero-order chi connectivity index (χ0) is 13.6. The van der Waals surface area contributed by atoms with Gasteiger partial charge < -0.3 is 10.2 Å². The summed E-state index contributed by atoms with van der Waals surface area (Å²) in [6.07, 6.45) is 9.43. The second-order valence-corrected chi connectivity index (χ2v) is 6.40. The maximum Gasteiger partial charge on any atom is 0.0320 e. The Morgan fingerprint density at radius 1 is 0.950 bits per heavy atom. The van der Waals surface area contributed by atoms with Crippen molar-refractivity contribution in [3.8, 4) is 0 Å². The fraction of sp³-hybridized carbons (Fsp3) is 0.667. The van der Waals surface area contributed by atoms with Crippen LogP contribution in [-0.2, 0) is 6.42 Å². The zero-order valence-electron chi connectivity index (χ0n) is 12.6. The minimum Gasteiger partial charge on any atom is -0.310 e. The van der Waals surface area contributed by atoms with Crippen molar-refractivity contribution in [2.24, 2.45) is 0 Å². The van der Waals surface area contributed by atoms with E-state index in [0.717, 1.165) is 0 Å². The molecule has 1 unspecified atom stereocenters. The van der Waals surface area contributed by atoms with Gasteiger partial charge in [0.2, 0.25) is 0 Å². The highest BCUT2D eigenvalue weighted by molar-refractivity contribution is 5.25. The molecule has 20 heavy (non-hydrogen) atoms. The molecule has 0 radical (unpaired) electrons. The molecule has 110 valence electrons. The van der Waals surface area contributed by atoms with E-state index in [2.05, 4.69) is 34.5 Å². The van der Waals surface area contributed by atoms with Crippen molar-refractivity contribution in [1.29, 1.82) is 0 Å². The zero-order valence-corrected chi connectivity index (χ0v) is 12.6. The molecular weight excluding hydrogens is 244 g/mol. The van der Waals surface area contributed by atoms with Crippen LogP contribution in [0.5, 0.6) is 0 Å². The van der Waals surface area contributed by atoms with Crippen molar-refractivity contribution < 1.29 is 0 Å². The molecule has 0 saturated carbocycles. The molecule has 1 aromatic carbocycles. The molecule has 1 atom stereocenters. The third-order valence-electron chi connectivity index (χ3n) is 4.86. The normalized spacial score (nSPS) is 24.7. The van der Waals surface area contributed by atoms with E-state index >= 15 is 0 Å². The van der Waals surface area contributed by atoms with Gasteiger partial charge in [-0.05, 0) is 62.9 Å². The Balaban J connectivity index is 1.50. The van der Waals surface area contributed by atoms with Crippen LogP contribution in [-0.4, -0.2) is 31.1 Å². The molecular formula is C18H28N2. The topological polar surface area (TPSA) is 15.3 Å². The van der Waals surface area contributed by atoms with Crippen LogP contribution in [0, 0.1) is 0 Å². The van der Waals surface area contributed by atoms with Crippen molar-refractivity contribution in [3.63, 3.8) is 0 Å². The lowest BCUT2D eigenvalue weighted by Gasteiger charge is -2.26. The molecule has 0 aromatic heterocycles. The lowest BCUT2D eigenvalue weighted by molar-refractivity contribution is 0.231. The summed E-state index contributed by atoms with van der Waals surface area (Å²) >= 11 is 0. The average Bonchev–Trinajstić information content (AvgIpc) is 2.55. The molecule has 2 saturated heterocycles. The summed E-state index contributed by atoms with van der Waals surface area (Å²) in [7, 11) is 0. The Labute approximate surface area is 123 Å². The summed E-state index contributed by atoms with van der Waals surface area (Å²) in [5, 5.41) is 3.63. The first-order valence-electron chi connectivity index (χ1n) is 8.46. The first kappa shape index (κ1) is 14.1. The molecule has 3 rings (SSSR count). The van der Waals surface area contributed by atoms with Crippen molar-refractivity contribution in [2.45, 2.75) is 51.0 Å². The first-order chi connectivity index (χ1) is 9.92. The highest BCUT2D eigenvalue weighted by atomic mass is 15.1. The van der Waals surface area contributed by atoms with Crippen LogP contribution in [0.25, 0.3) is 0 Å². The van der Waals surface area contributed by atoms with E-state index in [1.807, 2.05) is 0 Å². The van der Waals surface area contributed by atoms with Crippen LogP contribution in [0.3, 0.4) is 0 Å². The summed E-state index contributed by atoms with van der Waals surface area (Å²) in [6, 6.07) is 9.97. The number of hydrogen-bond donors (Lipinski definition) is 1. The predicted octanol–water partition coefficient (Wildman–Crippen LogP) is 3.53. The van der Waals surface area contributed by atoms with E-state index in [9.17, 15) is 0 Å². The number of rotatable bonds is 4. The largest absolute Gasteiger partial charge is 0.310 e. The first-order valence-corrected chi connectivity index (χ1v) is 8.46. The molecule has 0 aliphatic carbocycles. The lowest BCUT2D eigenvalue weighted by atomic mass is 9.96. The minimum atomic E-state index is 0.597. The molecule has 0 bridgehead atoms. The van der Waals surface area contributed by atoms with Gasteiger partial charge in [-0.2, -0.15) is 0 Å². The monoisotopic (exact) mass is 272 g/mol. The summed E-state index contributed by atoms with van der Waals surface area (Å²) < 4.78 is 0. The van der Waals surface area contributed by atoms with Gasteiger partial charge in [0, 0.05) is 12.6 Å². The second-order valence-electron chi connectivity index (χ2n) is 6.40. The smallest absolute Gasteiger partial charge is 0.0320 e. The number of likely N-dealkylation sites (tertiary alicyclic amines) is 1. The Bertz CT molecular complexity index is 386. The number of hydrogen-bond acceptors (Lipinski definition) is 2. The maximum absolute atomic E-state index is 3.63. The Hall–Kier alpha value is -0.860. The van der Waals surface area contributed by atoms with Gasteiger partial charge in [-0.15, -0.1) is 0 Å². The molecule has 0 amide bonds. The maximum atomic E-state index is 3.63. The van der Waals surface area contributed by atoms with Gasteiger partial charge in [-0.3, -0.25) is 0 Å². The SMILES string of the molecule is c1cc(C2CCCCN2)ccc1CCN1CCCCC1. The highest BCUT2D eigenvalue weighted by Gasteiger charge is 2.14. The lowest BCUT2D eigenvalue weighted by Crippen LogP contribution is -2.31. The number of benzene rings is 1. The third kappa shape index (κ3) is 3.83. The molecule has 1 N–H and O–H groups in total. The van der Waals surface area contributed by atoms with E-state index in [4.69, 9.17) is 0 Å². The van der Waals surface area contributed by atoms with Crippen LogP contribution in [0.4, 0.5) is 0 Å². The van der Waals surface area contributed by atoms with Crippen LogP contribution in [0.1, 0.15) is 55.7 Å². The van der Waals surface area contributed by atoms with Crippen molar-refractivity contribution in [2.75, 3.05) is 26.2 Å². The van der Waals surface area contributed by atoms with Crippen LogP contribution in [0.2, 0.25) is 0 Å². The highest BCUT2D eigenvalue weighted by Crippen LogP contribution is 2.23. The summed E-state index contributed by atoms with van der Waals surface area (Å²) in [5.74, 6) is 0. The Kier molecular flexibility index (Phi) is 5.10. The standard InChI is InChI=1S/C18H28N2/c1-4-13-20(14-5-1)15-11-16-7-9-17(10-8-16)18-6-2-3-12-19-18/h7-10,18-19H,1-6,11-15H2. The van der Waals surface area contributed by atoms with Crippen molar-refractivity contribution >= 4 is 0 Å². The van der Waals surface area contributed by atoms with E-state index in [0.29, 0.717) is 6.04 Å². The third-order valence-corrected chi connectivity index (χ3v) is 4.86. The molecule has 2 fully saturated rings. The van der Waals surface area contributed by atoms with Gasteiger partial charge in [0.15, 0.2) is 0 Å². The van der Waals surface area contributed by atoms with E-state index < -0.39 is 0 Å². The van der Waals surface area contributed by atoms with Gasteiger partial charge in [-0.25, -0.2) is 0 Å². The quantitative estimate of drug-likeness (QED) is 0.902. The molecule has 2 heterocycles. The summed E-state index contributed by atoms with van der Waals surface area (Å²) in [6.45, 7) is 5.04. The molecule has 0 spiro atoms. The van der Waals surface area contributed by atoms with Crippen LogP contribution in [0.15, 0.2) is 24.3 Å². The fourth-order valence-corrected chi connectivity index (χ4v) is 3.52. The van der Waals surface area contributed by atoms with E-state index in [1.54, 1.807) is 0 Å². The number of piperidine rings is 2. The Morgan fingerprint density at radius 3 is 2.45 bits per heavy atom. The van der Waals surface area contributed by atoms with Crippen LogP contribution >= 0.6 is 0 Å². The second kappa shape index (κ2) is 7.24. The average molecular weight is 272 g/mol. The fourth-order valence-electron chi connectivity index (χ4n) is 3.52. The predicted molar refractivity (Wildman–Crippen MR) is 85.0 cm³/mol. The van der Waals surface area contributed by atoms with Gasteiger partial charge in [0.25, 0.3) is 0 Å². The van der Waals surface area contributed by atoms with Gasteiger partial charge in [0.05, 0.1) is 0 Å². The molecule has 2 aliphatic heterocycles. The Morgan fingerprint density at radius 2 is 1.75 bits per heavy atom. The van der Waals surface area contributed by atoms with E-state index in [-0.39, 0.29) is 0 Å². The number of nitrogens with one attached hydrogen (secondary N) is 1. The summed E-state index contributed by atoms with van der Waals surface area (Å²) in [5.41, 5.74) is 2.97. The minimum absolute atomic E-state index is 0.597. The van der Waals surface area contributed by atoms with Gasteiger partial charge >= 0.3 is 0 Å². The summed E-state index contributed by atoms with van der Waals surface area (Å²) in [4.78, 5) is 2.63. The molecule has 2 heteroatoms. The molecule has 2 aliphatic rings. The van der Waals surface area contributed by atoms with Gasteiger partial charge in [-0.1, -0.05) is 37.1 Å².